The predicted molar refractivity (Wildman–Crippen MR) is 60.3 cm³/mol. The fourth-order valence-corrected chi connectivity index (χ4v) is 1.27. The SMILES string of the molecule is CNNc1ncn(-c2ccccc2)c(=O)n1. The van der Waals surface area contributed by atoms with Crippen molar-refractivity contribution in [3.8, 4) is 5.69 Å². The van der Waals surface area contributed by atoms with Gasteiger partial charge in [0.2, 0.25) is 5.95 Å². The Bertz CT molecular complexity index is 522. The lowest BCUT2D eigenvalue weighted by molar-refractivity contribution is 0.836. The molecule has 0 atom stereocenters. The Morgan fingerprint density at radius 2 is 2.00 bits per heavy atom. The molecule has 2 rings (SSSR count). The van der Waals surface area contributed by atoms with E-state index in [9.17, 15) is 4.79 Å². The van der Waals surface area contributed by atoms with Crippen LogP contribution in [-0.4, -0.2) is 21.6 Å². The molecule has 1 aromatic carbocycles. The number of nitrogens with one attached hydrogen (secondary N) is 2. The number of hydrogen-bond acceptors (Lipinski definition) is 5. The van der Waals surface area contributed by atoms with Crippen LogP contribution in [0.2, 0.25) is 0 Å². The first kappa shape index (κ1) is 10.3. The standard InChI is InChI=1S/C10H11N5O/c1-11-14-9-12-7-15(10(16)13-9)8-5-3-2-4-6-8/h2-7,11H,1H3,(H,13,14,16). The van der Waals surface area contributed by atoms with Crippen molar-refractivity contribution in [1.82, 2.24) is 20.0 Å². The third-order valence-corrected chi connectivity index (χ3v) is 1.97. The van der Waals surface area contributed by atoms with E-state index in [2.05, 4.69) is 20.8 Å². The van der Waals surface area contributed by atoms with Crippen molar-refractivity contribution in [1.29, 1.82) is 0 Å². The van der Waals surface area contributed by atoms with Crippen LogP contribution in [0, 0.1) is 0 Å². The predicted octanol–water partition coefficient (Wildman–Crippen LogP) is 0.174. The molecular formula is C10H11N5O. The molecule has 0 bridgehead atoms. The lowest BCUT2D eigenvalue weighted by atomic mass is 10.3. The summed E-state index contributed by atoms with van der Waals surface area (Å²) in [5.41, 5.74) is 5.65. The van der Waals surface area contributed by atoms with E-state index in [0.717, 1.165) is 5.69 Å². The Morgan fingerprint density at radius 1 is 1.25 bits per heavy atom. The Balaban J connectivity index is 2.41. The summed E-state index contributed by atoms with van der Waals surface area (Å²) in [5.74, 6) is 0.250. The second kappa shape index (κ2) is 4.54. The summed E-state index contributed by atoms with van der Waals surface area (Å²) in [6, 6.07) is 9.21. The fourth-order valence-electron chi connectivity index (χ4n) is 1.27. The highest BCUT2D eigenvalue weighted by atomic mass is 16.1. The van der Waals surface area contributed by atoms with Gasteiger partial charge in [-0.1, -0.05) is 18.2 Å². The molecule has 1 heterocycles. The zero-order valence-electron chi connectivity index (χ0n) is 8.71. The molecule has 0 saturated carbocycles. The molecule has 2 N–H and O–H groups in total. The van der Waals surface area contributed by atoms with Gasteiger partial charge in [-0.3, -0.25) is 9.99 Å². The first-order valence-corrected chi connectivity index (χ1v) is 4.75. The van der Waals surface area contributed by atoms with Gasteiger partial charge in [-0.2, -0.15) is 4.98 Å². The van der Waals surface area contributed by atoms with Gasteiger partial charge in [0, 0.05) is 7.05 Å². The molecule has 82 valence electrons. The average Bonchev–Trinajstić information content (AvgIpc) is 2.31. The van der Waals surface area contributed by atoms with Crippen LogP contribution in [0.15, 0.2) is 41.5 Å². The van der Waals surface area contributed by atoms with E-state index >= 15 is 0 Å². The Morgan fingerprint density at radius 3 is 2.62 bits per heavy atom. The van der Waals surface area contributed by atoms with Gasteiger partial charge in [0.05, 0.1) is 5.69 Å². The maximum Gasteiger partial charge on any atom is 0.356 e. The second-order valence-electron chi connectivity index (χ2n) is 3.04. The second-order valence-corrected chi connectivity index (χ2v) is 3.04. The van der Waals surface area contributed by atoms with E-state index in [0.29, 0.717) is 0 Å². The average molecular weight is 217 g/mol. The maximum atomic E-state index is 11.7. The van der Waals surface area contributed by atoms with Crippen LogP contribution in [0.25, 0.3) is 5.69 Å². The van der Waals surface area contributed by atoms with Gasteiger partial charge in [0.15, 0.2) is 0 Å². The van der Waals surface area contributed by atoms with Gasteiger partial charge in [-0.15, -0.1) is 0 Å². The van der Waals surface area contributed by atoms with Crippen LogP contribution in [-0.2, 0) is 0 Å². The molecule has 0 fully saturated rings. The summed E-state index contributed by atoms with van der Waals surface area (Å²) < 4.78 is 1.38. The van der Waals surface area contributed by atoms with E-state index in [-0.39, 0.29) is 11.6 Å². The first-order valence-electron chi connectivity index (χ1n) is 4.75. The van der Waals surface area contributed by atoms with Crippen LogP contribution < -0.4 is 16.5 Å². The number of hydrogen-bond donors (Lipinski definition) is 2. The quantitative estimate of drug-likeness (QED) is 0.717. The van der Waals surface area contributed by atoms with Crippen molar-refractivity contribution in [3.05, 3.63) is 47.1 Å². The highest BCUT2D eigenvalue weighted by molar-refractivity contribution is 5.31. The molecule has 0 amide bonds. The topological polar surface area (TPSA) is 71.8 Å². The molecule has 6 nitrogen and oxygen atoms in total. The lowest BCUT2D eigenvalue weighted by Gasteiger charge is -2.05. The minimum absolute atomic E-state index is 0.250. The maximum absolute atomic E-state index is 11.7. The number of benzene rings is 1. The molecule has 0 unspecified atom stereocenters. The number of hydrazine groups is 1. The van der Waals surface area contributed by atoms with Crippen molar-refractivity contribution in [3.63, 3.8) is 0 Å². The van der Waals surface area contributed by atoms with Crippen LogP contribution in [0.4, 0.5) is 5.95 Å². The van der Waals surface area contributed by atoms with Gasteiger partial charge in [-0.05, 0) is 12.1 Å². The van der Waals surface area contributed by atoms with Gasteiger partial charge in [-0.25, -0.2) is 15.2 Å². The van der Waals surface area contributed by atoms with Crippen molar-refractivity contribution in [2.75, 3.05) is 12.5 Å². The molecule has 0 aliphatic heterocycles. The van der Waals surface area contributed by atoms with E-state index < -0.39 is 0 Å². The highest BCUT2D eigenvalue weighted by Crippen LogP contribution is 2.02. The molecular weight excluding hydrogens is 206 g/mol. The summed E-state index contributed by atoms with van der Waals surface area (Å²) in [6.45, 7) is 0. The van der Waals surface area contributed by atoms with Crippen molar-refractivity contribution >= 4 is 5.95 Å². The summed E-state index contributed by atoms with van der Waals surface area (Å²) in [4.78, 5) is 19.4. The third-order valence-electron chi connectivity index (χ3n) is 1.97. The van der Waals surface area contributed by atoms with E-state index in [4.69, 9.17) is 0 Å². The van der Waals surface area contributed by atoms with Crippen LogP contribution in [0.5, 0.6) is 0 Å². The van der Waals surface area contributed by atoms with Gasteiger partial charge in [0.1, 0.15) is 6.33 Å². The molecule has 1 aromatic heterocycles. The van der Waals surface area contributed by atoms with Crippen LogP contribution >= 0.6 is 0 Å². The first-order chi connectivity index (χ1) is 7.81. The summed E-state index contributed by atoms with van der Waals surface area (Å²) >= 11 is 0. The Kier molecular flexibility index (Phi) is 2.93. The largest absolute Gasteiger partial charge is 0.356 e. The molecule has 0 aliphatic carbocycles. The molecule has 0 saturated heterocycles. The van der Waals surface area contributed by atoms with Gasteiger partial charge < -0.3 is 0 Å². The van der Waals surface area contributed by atoms with Gasteiger partial charge in [0.25, 0.3) is 0 Å². The third kappa shape index (κ3) is 2.06. The van der Waals surface area contributed by atoms with Crippen molar-refractivity contribution < 1.29 is 0 Å². The smallest absolute Gasteiger partial charge is 0.290 e. The molecule has 0 spiro atoms. The van der Waals surface area contributed by atoms with Gasteiger partial charge >= 0.3 is 5.69 Å². The number of anilines is 1. The normalized spacial score (nSPS) is 10.1. The summed E-state index contributed by atoms with van der Waals surface area (Å²) in [5, 5.41) is 0. The Labute approximate surface area is 92.0 Å². The number of nitrogens with zero attached hydrogens (tertiary/aromatic N) is 3. The summed E-state index contributed by atoms with van der Waals surface area (Å²) in [7, 11) is 1.67. The summed E-state index contributed by atoms with van der Waals surface area (Å²) in [6.07, 6.45) is 1.43. The van der Waals surface area contributed by atoms with Crippen molar-refractivity contribution in [2.45, 2.75) is 0 Å². The number of rotatable bonds is 3. The molecule has 0 aliphatic rings. The zero-order chi connectivity index (χ0) is 11.4. The molecule has 0 radical (unpaired) electrons. The van der Waals surface area contributed by atoms with Crippen LogP contribution in [0.3, 0.4) is 0 Å². The number of aromatic nitrogens is 3. The van der Waals surface area contributed by atoms with E-state index in [1.165, 1.54) is 10.9 Å². The minimum atomic E-state index is -0.376. The van der Waals surface area contributed by atoms with Crippen LogP contribution in [0.1, 0.15) is 0 Å². The highest BCUT2D eigenvalue weighted by Gasteiger charge is 2.01. The monoisotopic (exact) mass is 217 g/mol. The molecule has 2 aromatic rings. The fraction of sp³-hybridized carbons (Fsp3) is 0.100. The Hall–Kier alpha value is -2.21. The molecule has 16 heavy (non-hydrogen) atoms. The lowest BCUT2D eigenvalue weighted by Crippen LogP contribution is -2.26. The minimum Gasteiger partial charge on any atom is -0.290 e. The van der Waals surface area contributed by atoms with Crippen molar-refractivity contribution in [2.24, 2.45) is 0 Å². The number of para-hydroxylation sites is 1. The molecule has 6 heteroatoms. The zero-order valence-corrected chi connectivity index (χ0v) is 8.71. The van der Waals surface area contributed by atoms with E-state index in [1.54, 1.807) is 7.05 Å². The van der Waals surface area contributed by atoms with E-state index in [1.807, 2.05) is 30.3 Å².